The molecule has 0 bridgehead atoms. The van der Waals surface area contributed by atoms with Crippen molar-refractivity contribution in [1.82, 2.24) is 0 Å². The van der Waals surface area contributed by atoms with Crippen molar-refractivity contribution in [2.24, 2.45) is 0 Å². The van der Waals surface area contributed by atoms with Crippen LogP contribution in [0.3, 0.4) is 0 Å². The van der Waals surface area contributed by atoms with Crippen molar-refractivity contribution < 1.29 is 23.8 Å². The number of halogens is 1. The van der Waals surface area contributed by atoms with Gasteiger partial charge in [-0.15, -0.1) is 0 Å². The average molecular weight is 212 g/mol. The van der Waals surface area contributed by atoms with Crippen molar-refractivity contribution in [2.45, 2.75) is 19.1 Å². The quantitative estimate of drug-likeness (QED) is 0.829. The summed E-state index contributed by atoms with van der Waals surface area (Å²) in [5.41, 5.74) is 0. The van der Waals surface area contributed by atoms with Gasteiger partial charge in [-0.2, -0.15) is 0 Å². The maximum absolute atomic E-state index is 12.8. The van der Waals surface area contributed by atoms with Gasteiger partial charge in [0.1, 0.15) is 5.82 Å². The zero-order chi connectivity index (χ0) is 10.8. The molecule has 5 heteroatoms. The monoisotopic (exact) mass is 212 g/mol. The number of carboxylic acid groups (broad SMARTS) is 1. The van der Waals surface area contributed by atoms with Crippen LogP contribution in [0, 0.1) is 5.82 Å². The molecule has 1 aromatic rings. The lowest BCUT2D eigenvalue weighted by Gasteiger charge is -2.07. The van der Waals surface area contributed by atoms with Gasteiger partial charge in [0, 0.05) is 12.5 Å². The molecule has 15 heavy (non-hydrogen) atoms. The Hall–Kier alpha value is -1.78. The van der Waals surface area contributed by atoms with E-state index in [0.717, 1.165) is 0 Å². The Kier molecular flexibility index (Phi) is 2.45. The Balaban J connectivity index is 2.00. The molecule has 1 aliphatic heterocycles. The van der Waals surface area contributed by atoms with E-state index in [1.807, 2.05) is 0 Å². The van der Waals surface area contributed by atoms with Crippen molar-refractivity contribution in [3.05, 3.63) is 24.0 Å². The van der Waals surface area contributed by atoms with Crippen LogP contribution in [0.25, 0.3) is 0 Å². The molecule has 0 aromatic heterocycles. The second kappa shape index (κ2) is 3.76. The number of aliphatic carboxylic acids is 1. The summed E-state index contributed by atoms with van der Waals surface area (Å²) in [6, 6.07) is 3.95. The number of benzene rings is 1. The van der Waals surface area contributed by atoms with Gasteiger partial charge in [-0.1, -0.05) is 0 Å². The first-order chi connectivity index (χ1) is 7.15. The van der Waals surface area contributed by atoms with E-state index < -0.39 is 18.1 Å². The summed E-state index contributed by atoms with van der Waals surface area (Å²) in [4.78, 5) is 10.3. The maximum atomic E-state index is 12.8. The molecule has 2 rings (SSSR count). The molecule has 1 unspecified atom stereocenters. The van der Waals surface area contributed by atoms with E-state index in [-0.39, 0.29) is 12.8 Å². The summed E-state index contributed by atoms with van der Waals surface area (Å²) < 4.78 is 23.2. The fourth-order valence-corrected chi connectivity index (χ4v) is 1.34. The summed E-state index contributed by atoms with van der Waals surface area (Å²) in [6.45, 7) is 0. The second-order valence-corrected chi connectivity index (χ2v) is 3.19. The van der Waals surface area contributed by atoms with Crippen LogP contribution in [0.2, 0.25) is 0 Å². The summed E-state index contributed by atoms with van der Waals surface area (Å²) in [6.07, 6.45) is -0.426. The van der Waals surface area contributed by atoms with E-state index >= 15 is 0 Å². The minimum absolute atomic E-state index is 0.0405. The minimum atomic E-state index is -0.913. The first kappa shape index (κ1) is 9.76. The molecule has 0 fully saturated rings. The zero-order valence-electron chi connectivity index (χ0n) is 7.77. The van der Waals surface area contributed by atoms with Gasteiger partial charge in [0.05, 0.1) is 6.42 Å². The number of fused-ring (bicyclic) bond motifs is 1. The van der Waals surface area contributed by atoms with Gasteiger partial charge >= 0.3 is 5.97 Å². The van der Waals surface area contributed by atoms with E-state index in [0.29, 0.717) is 11.5 Å². The lowest BCUT2D eigenvalue weighted by atomic mass is 10.3. The molecule has 0 spiro atoms. The maximum Gasteiger partial charge on any atom is 0.303 e. The van der Waals surface area contributed by atoms with Gasteiger partial charge in [0.15, 0.2) is 11.5 Å². The SMILES string of the molecule is O=C(O)CCC1Oc2ccc(F)cc2O1. The third-order valence-corrected chi connectivity index (χ3v) is 2.02. The first-order valence-corrected chi connectivity index (χ1v) is 4.50. The number of hydrogen-bond donors (Lipinski definition) is 1. The molecular formula is C10H9FO4. The molecule has 1 atom stereocenters. The van der Waals surface area contributed by atoms with Crippen LogP contribution in [-0.2, 0) is 4.79 Å². The highest BCUT2D eigenvalue weighted by molar-refractivity contribution is 5.66. The molecule has 0 saturated carbocycles. The topological polar surface area (TPSA) is 55.8 Å². The van der Waals surface area contributed by atoms with Gasteiger partial charge in [0.25, 0.3) is 0 Å². The standard InChI is InChI=1S/C10H9FO4/c11-6-1-2-7-8(5-6)15-10(14-7)4-3-9(12)13/h1-2,5,10H,3-4H2,(H,12,13). The van der Waals surface area contributed by atoms with E-state index in [4.69, 9.17) is 14.6 Å². The van der Waals surface area contributed by atoms with Gasteiger partial charge in [-0.25, -0.2) is 4.39 Å². The normalized spacial score (nSPS) is 17.8. The molecule has 80 valence electrons. The van der Waals surface area contributed by atoms with Crippen LogP contribution < -0.4 is 9.47 Å². The Labute approximate surface area is 85.2 Å². The van der Waals surface area contributed by atoms with Crippen LogP contribution in [0.4, 0.5) is 4.39 Å². The smallest absolute Gasteiger partial charge is 0.303 e. The van der Waals surface area contributed by atoms with Crippen LogP contribution in [-0.4, -0.2) is 17.4 Å². The number of carbonyl (C=O) groups is 1. The minimum Gasteiger partial charge on any atom is -0.481 e. The van der Waals surface area contributed by atoms with Crippen LogP contribution in [0.15, 0.2) is 18.2 Å². The molecule has 0 aliphatic carbocycles. The molecule has 1 N–H and O–H groups in total. The van der Waals surface area contributed by atoms with E-state index in [2.05, 4.69) is 0 Å². The molecule has 0 saturated heterocycles. The van der Waals surface area contributed by atoms with Crippen molar-refractivity contribution in [1.29, 1.82) is 0 Å². The molecule has 4 nitrogen and oxygen atoms in total. The predicted molar refractivity (Wildman–Crippen MR) is 48.3 cm³/mol. The second-order valence-electron chi connectivity index (χ2n) is 3.19. The van der Waals surface area contributed by atoms with Crippen LogP contribution in [0.1, 0.15) is 12.8 Å². The van der Waals surface area contributed by atoms with Gasteiger partial charge in [-0.3, -0.25) is 4.79 Å². The van der Waals surface area contributed by atoms with Crippen LogP contribution in [0.5, 0.6) is 11.5 Å². The molecule has 1 aromatic carbocycles. The Morgan fingerprint density at radius 2 is 2.13 bits per heavy atom. The molecule has 1 heterocycles. The average Bonchev–Trinajstić information content (AvgIpc) is 2.56. The van der Waals surface area contributed by atoms with Crippen molar-refractivity contribution in [3.8, 4) is 11.5 Å². The highest BCUT2D eigenvalue weighted by Crippen LogP contribution is 2.35. The van der Waals surface area contributed by atoms with Crippen molar-refractivity contribution in [2.75, 3.05) is 0 Å². The Bertz CT molecular complexity index is 391. The fourth-order valence-electron chi connectivity index (χ4n) is 1.34. The molecule has 1 aliphatic rings. The number of carboxylic acids is 1. The van der Waals surface area contributed by atoms with E-state index in [1.165, 1.54) is 18.2 Å². The summed E-state index contributed by atoms with van der Waals surface area (Å²) in [7, 11) is 0. The lowest BCUT2D eigenvalue weighted by molar-refractivity contribution is -0.138. The fraction of sp³-hybridized carbons (Fsp3) is 0.300. The van der Waals surface area contributed by atoms with Gasteiger partial charge < -0.3 is 14.6 Å². The summed E-state index contributed by atoms with van der Waals surface area (Å²) in [5, 5.41) is 8.46. The largest absolute Gasteiger partial charge is 0.481 e. The number of hydrogen-bond acceptors (Lipinski definition) is 3. The van der Waals surface area contributed by atoms with Crippen molar-refractivity contribution >= 4 is 5.97 Å². The summed E-state index contributed by atoms with van der Waals surface area (Å²) >= 11 is 0. The third-order valence-electron chi connectivity index (χ3n) is 2.02. The Morgan fingerprint density at radius 1 is 1.40 bits per heavy atom. The zero-order valence-corrected chi connectivity index (χ0v) is 7.77. The number of ether oxygens (including phenoxy) is 2. The lowest BCUT2D eigenvalue weighted by Crippen LogP contribution is -2.19. The Morgan fingerprint density at radius 3 is 2.87 bits per heavy atom. The summed E-state index contributed by atoms with van der Waals surface area (Å²) in [5.74, 6) is -0.544. The first-order valence-electron chi connectivity index (χ1n) is 4.50. The molecular weight excluding hydrogens is 203 g/mol. The molecule has 0 amide bonds. The van der Waals surface area contributed by atoms with E-state index in [1.54, 1.807) is 0 Å². The third kappa shape index (κ3) is 2.18. The van der Waals surface area contributed by atoms with Gasteiger partial charge in [-0.05, 0) is 12.1 Å². The molecule has 0 radical (unpaired) electrons. The highest BCUT2D eigenvalue weighted by atomic mass is 19.1. The van der Waals surface area contributed by atoms with Crippen LogP contribution >= 0.6 is 0 Å². The predicted octanol–water partition coefficient (Wildman–Crippen LogP) is 1.79. The van der Waals surface area contributed by atoms with E-state index in [9.17, 15) is 9.18 Å². The van der Waals surface area contributed by atoms with Crippen molar-refractivity contribution in [3.63, 3.8) is 0 Å². The van der Waals surface area contributed by atoms with Gasteiger partial charge in [0.2, 0.25) is 6.29 Å². The highest BCUT2D eigenvalue weighted by Gasteiger charge is 2.24. The number of rotatable bonds is 3.